The van der Waals surface area contributed by atoms with Crippen molar-refractivity contribution in [3.63, 3.8) is 0 Å². The first-order valence-corrected chi connectivity index (χ1v) is 10.0. The van der Waals surface area contributed by atoms with E-state index in [1.165, 1.54) is 12.3 Å². The third-order valence-corrected chi connectivity index (χ3v) is 4.58. The quantitative estimate of drug-likeness (QED) is 0.332. The summed E-state index contributed by atoms with van der Waals surface area (Å²) in [5.74, 6) is 0.0952. The fourth-order valence-corrected chi connectivity index (χ4v) is 2.98. The van der Waals surface area contributed by atoms with Gasteiger partial charge in [-0.25, -0.2) is 4.79 Å². The molecule has 0 amide bonds. The van der Waals surface area contributed by atoms with Crippen LogP contribution in [-0.4, -0.2) is 24.2 Å². The van der Waals surface area contributed by atoms with Crippen LogP contribution in [0.15, 0.2) is 48.7 Å². The van der Waals surface area contributed by atoms with Crippen molar-refractivity contribution < 1.29 is 27.4 Å². The second kappa shape index (κ2) is 9.68. The number of nitrogens with zero attached hydrogens (tertiary/aromatic N) is 1. The van der Waals surface area contributed by atoms with Gasteiger partial charge in [0, 0.05) is 17.3 Å². The molecule has 8 heteroatoms. The maximum absolute atomic E-state index is 13.1. The number of hydrogen-bond acceptors (Lipinski definition) is 5. The number of nitrogens with one attached hydrogen (secondary N) is 1. The Hall–Kier alpha value is -3.29. The fraction of sp³-hybridized carbons (Fsp3) is 0.304. The topological polar surface area (TPSA) is 60.5 Å². The van der Waals surface area contributed by atoms with Crippen molar-refractivity contribution >= 4 is 28.2 Å². The molecule has 0 saturated carbocycles. The number of esters is 1. The normalized spacial score (nSPS) is 11.4. The molecule has 0 saturated heterocycles. The minimum Gasteiger partial charge on any atom is -0.494 e. The predicted molar refractivity (Wildman–Crippen MR) is 113 cm³/mol. The highest BCUT2D eigenvalue weighted by molar-refractivity contribution is 6.06. The Bertz CT molecular complexity index is 1050. The second-order valence-corrected chi connectivity index (χ2v) is 6.85. The van der Waals surface area contributed by atoms with Crippen LogP contribution in [0, 0.1) is 0 Å². The highest BCUT2D eigenvalue weighted by Gasteiger charge is 2.31. The Morgan fingerprint density at radius 2 is 1.84 bits per heavy atom. The molecule has 0 bridgehead atoms. The van der Waals surface area contributed by atoms with Gasteiger partial charge in [-0.3, -0.25) is 4.98 Å². The van der Waals surface area contributed by atoms with Gasteiger partial charge >= 0.3 is 12.1 Å². The molecule has 3 rings (SSSR count). The van der Waals surface area contributed by atoms with Crippen molar-refractivity contribution in [2.24, 2.45) is 0 Å². The molecule has 31 heavy (non-hydrogen) atoms. The van der Waals surface area contributed by atoms with Gasteiger partial charge in [0.05, 0.1) is 30.0 Å². The van der Waals surface area contributed by atoms with E-state index < -0.39 is 17.7 Å². The Morgan fingerprint density at radius 3 is 2.48 bits per heavy atom. The van der Waals surface area contributed by atoms with Gasteiger partial charge in [0.2, 0.25) is 0 Å². The van der Waals surface area contributed by atoms with E-state index in [-0.39, 0.29) is 17.7 Å². The summed E-state index contributed by atoms with van der Waals surface area (Å²) in [4.78, 5) is 16.5. The molecule has 0 radical (unpaired) electrons. The molecule has 5 nitrogen and oxygen atoms in total. The lowest BCUT2D eigenvalue weighted by Gasteiger charge is -2.16. The van der Waals surface area contributed by atoms with Crippen LogP contribution >= 0.6 is 0 Å². The second-order valence-electron chi connectivity index (χ2n) is 6.85. The molecule has 1 heterocycles. The smallest absolute Gasteiger partial charge is 0.416 e. The van der Waals surface area contributed by atoms with Crippen LogP contribution in [0.1, 0.15) is 42.6 Å². The molecule has 3 aromatic rings. The first-order valence-electron chi connectivity index (χ1n) is 10.0. The summed E-state index contributed by atoms with van der Waals surface area (Å²) in [5, 5.41) is 3.51. The Labute approximate surface area is 178 Å². The lowest BCUT2D eigenvalue weighted by atomic mass is 10.1. The largest absolute Gasteiger partial charge is 0.494 e. The van der Waals surface area contributed by atoms with E-state index in [1.807, 2.05) is 0 Å². The summed E-state index contributed by atoms with van der Waals surface area (Å²) < 4.78 is 50.0. The third kappa shape index (κ3) is 5.45. The first-order chi connectivity index (χ1) is 14.8. The molecular formula is C23H23F3N2O3. The van der Waals surface area contributed by atoms with Gasteiger partial charge in [-0.05, 0) is 49.7 Å². The average molecular weight is 432 g/mol. The van der Waals surface area contributed by atoms with Crippen LogP contribution in [-0.2, 0) is 10.9 Å². The molecule has 2 aromatic carbocycles. The number of benzene rings is 2. The van der Waals surface area contributed by atoms with Crippen molar-refractivity contribution in [1.82, 2.24) is 4.98 Å². The lowest BCUT2D eigenvalue weighted by Crippen LogP contribution is -2.10. The number of fused-ring (bicyclic) bond motifs is 1. The van der Waals surface area contributed by atoms with Gasteiger partial charge in [0.15, 0.2) is 0 Å². The summed E-state index contributed by atoms with van der Waals surface area (Å²) in [6.07, 6.45) is -1.28. The summed E-state index contributed by atoms with van der Waals surface area (Å²) in [6.45, 7) is 4.53. The van der Waals surface area contributed by atoms with Gasteiger partial charge in [-0.15, -0.1) is 0 Å². The summed E-state index contributed by atoms with van der Waals surface area (Å²) in [5.41, 5.74) is 0.413. The number of carbonyl (C=O) groups excluding carboxylic acids is 1. The van der Waals surface area contributed by atoms with Crippen molar-refractivity contribution in [1.29, 1.82) is 0 Å². The number of anilines is 2. The van der Waals surface area contributed by atoms with Gasteiger partial charge in [0.25, 0.3) is 0 Å². The predicted octanol–water partition coefficient (Wildman–Crippen LogP) is 6.35. The van der Waals surface area contributed by atoms with Crippen LogP contribution in [0.4, 0.5) is 24.5 Å². The number of hydrogen-bond donors (Lipinski definition) is 1. The van der Waals surface area contributed by atoms with Crippen molar-refractivity contribution in [2.75, 3.05) is 18.5 Å². The number of unbranched alkanes of at least 4 members (excludes halogenated alkanes) is 1. The van der Waals surface area contributed by atoms with Gasteiger partial charge in [0.1, 0.15) is 11.3 Å². The first kappa shape index (κ1) is 22.4. The number of halogens is 3. The van der Waals surface area contributed by atoms with Gasteiger partial charge in [-0.1, -0.05) is 19.4 Å². The molecule has 0 atom stereocenters. The molecule has 0 fully saturated rings. The summed E-state index contributed by atoms with van der Waals surface area (Å²) >= 11 is 0. The molecular weight excluding hydrogens is 409 g/mol. The van der Waals surface area contributed by atoms with Crippen LogP contribution < -0.4 is 10.1 Å². The zero-order chi connectivity index (χ0) is 22.4. The van der Waals surface area contributed by atoms with Crippen LogP contribution in [0.3, 0.4) is 0 Å². The number of carbonyl (C=O) groups is 1. The molecule has 0 aliphatic carbocycles. The number of aromatic nitrogens is 1. The van der Waals surface area contributed by atoms with Crippen molar-refractivity contribution in [3.8, 4) is 5.75 Å². The number of rotatable bonds is 8. The van der Waals surface area contributed by atoms with Crippen LogP contribution in [0.5, 0.6) is 5.75 Å². The van der Waals surface area contributed by atoms with Crippen LogP contribution in [0.25, 0.3) is 10.9 Å². The fourth-order valence-electron chi connectivity index (χ4n) is 2.98. The summed E-state index contributed by atoms with van der Waals surface area (Å²) in [7, 11) is 0. The van der Waals surface area contributed by atoms with E-state index in [4.69, 9.17) is 9.47 Å². The van der Waals surface area contributed by atoms with Gasteiger partial charge < -0.3 is 14.8 Å². The van der Waals surface area contributed by atoms with E-state index in [0.29, 0.717) is 29.1 Å². The minimum atomic E-state index is -4.49. The lowest BCUT2D eigenvalue weighted by molar-refractivity contribution is -0.137. The zero-order valence-corrected chi connectivity index (χ0v) is 17.3. The summed E-state index contributed by atoms with van der Waals surface area (Å²) in [6, 6.07) is 10.3. The molecule has 1 N–H and O–H groups in total. The standard InChI is InChI=1S/C23H23F3N2O3/c1-3-5-12-31-17-9-7-16(8-10-17)28-21-18-11-6-15(23(24,25)26)13-20(18)27-14-19(21)22(29)30-4-2/h6-11,13-14H,3-5,12H2,1-2H3,(H,27,28). The van der Waals surface area contributed by atoms with Crippen molar-refractivity contribution in [2.45, 2.75) is 32.9 Å². The molecule has 0 spiro atoms. The SMILES string of the molecule is CCCCOc1ccc(Nc2c(C(=O)OCC)cnc3cc(C(F)(F)F)ccc23)cc1. The minimum absolute atomic E-state index is 0.116. The zero-order valence-electron chi connectivity index (χ0n) is 17.3. The Balaban J connectivity index is 1.99. The molecule has 0 aliphatic heterocycles. The molecule has 164 valence electrons. The number of ether oxygens (including phenoxy) is 2. The molecule has 0 unspecified atom stereocenters. The van der Waals surface area contributed by atoms with E-state index in [9.17, 15) is 18.0 Å². The van der Waals surface area contributed by atoms with Crippen LogP contribution in [0.2, 0.25) is 0 Å². The number of pyridine rings is 1. The van der Waals surface area contributed by atoms with E-state index in [2.05, 4.69) is 17.2 Å². The molecule has 0 aliphatic rings. The Kier molecular flexibility index (Phi) is 6.99. The highest BCUT2D eigenvalue weighted by Crippen LogP contribution is 2.35. The molecule has 1 aromatic heterocycles. The third-order valence-electron chi connectivity index (χ3n) is 4.58. The van der Waals surface area contributed by atoms with E-state index in [1.54, 1.807) is 31.2 Å². The van der Waals surface area contributed by atoms with E-state index >= 15 is 0 Å². The monoisotopic (exact) mass is 432 g/mol. The maximum Gasteiger partial charge on any atom is 0.416 e. The van der Waals surface area contributed by atoms with E-state index in [0.717, 1.165) is 25.0 Å². The average Bonchev–Trinajstić information content (AvgIpc) is 2.74. The number of alkyl halides is 3. The van der Waals surface area contributed by atoms with Gasteiger partial charge in [-0.2, -0.15) is 13.2 Å². The van der Waals surface area contributed by atoms with Crippen molar-refractivity contribution in [3.05, 3.63) is 59.8 Å². The Morgan fingerprint density at radius 1 is 1.10 bits per heavy atom. The highest BCUT2D eigenvalue weighted by atomic mass is 19.4. The maximum atomic E-state index is 13.1.